The number of hydrogen-bond donors (Lipinski definition) is 1. The van der Waals surface area contributed by atoms with Gasteiger partial charge in [-0.1, -0.05) is 43.3 Å². The third kappa shape index (κ3) is 4.89. The van der Waals surface area contributed by atoms with Crippen molar-refractivity contribution in [1.29, 1.82) is 0 Å². The number of carbonyl (C=O) groups excluding carboxylic acids is 1. The van der Waals surface area contributed by atoms with Gasteiger partial charge in [-0.25, -0.2) is 8.42 Å². The molecule has 1 saturated heterocycles. The van der Waals surface area contributed by atoms with Crippen LogP contribution in [0.25, 0.3) is 10.8 Å². The number of fused-ring (bicyclic) bond motifs is 1. The van der Waals surface area contributed by atoms with Gasteiger partial charge in [0, 0.05) is 24.2 Å². The largest absolute Gasteiger partial charge is 0.483 e. The molecule has 0 aromatic heterocycles. The zero-order valence-corrected chi connectivity index (χ0v) is 18.3. The molecule has 1 amide bonds. The number of nitrogens with zero attached hydrogens (tertiary/aromatic N) is 1. The van der Waals surface area contributed by atoms with E-state index in [1.165, 1.54) is 12.1 Å². The second-order valence-electron chi connectivity index (χ2n) is 7.93. The minimum Gasteiger partial charge on any atom is -0.483 e. The van der Waals surface area contributed by atoms with Crippen molar-refractivity contribution >= 4 is 32.4 Å². The monoisotopic (exact) mass is 438 g/mol. The van der Waals surface area contributed by atoms with Crippen LogP contribution in [0.5, 0.6) is 5.75 Å². The van der Waals surface area contributed by atoms with E-state index in [4.69, 9.17) is 4.74 Å². The molecule has 162 valence electrons. The summed E-state index contributed by atoms with van der Waals surface area (Å²) in [5, 5.41) is 4.74. The fraction of sp³-hybridized carbons (Fsp3) is 0.292. The molecule has 3 aromatic carbocycles. The predicted molar refractivity (Wildman–Crippen MR) is 122 cm³/mol. The smallest absolute Gasteiger partial charge is 0.262 e. The summed E-state index contributed by atoms with van der Waals surface area (Å²) in [7, 11) is -3.50. The topological polar surface area (TPSA) is 75.7 Å². The highest BCUT2D eigenvalue weighted by Crippen LogP contribution is 2.26. The number of ether oxygens (including phenoxy) is 1. The lowest BCUT2D eigenvalue weighted by Crippen LogP contribution is -2.37. The third-order valence-corrected chi connectivity index (χ3v) is 7.54. The van der Waals surface area contributed by atoms with Crippen LogP contribution in [-0.4, -0.2) is 38.3 Å². The second kappa shape index (κ2) is 9.08. The van der Waals surface area contributed by atoms with Crippen molar-refractivity contribution in [1.82, 2.24) is 4.31 Å². The number of amides is 1. The summed E-state index contributed by atoms with van der Waals surface area (Å²) in [5.74, 6) is 0.888. The maximum Gasteiger partial charge on any atom is 0.262 e. The maximum atomic E-state index is 12.8. The summed E-state index contributed by atoms with van der Waals surface area (Å²) in [4.78, 5) is 12.6. The average molecular weight is 439 g/mol. The van der Waals surface area contributed by atoms with Gasteiger partial charge >= 0.3 is 0 Å². The van der Waals surface area contributed by atoms with Gasteiger partial charge in [0.05, 0.1) is 4.90 Å². The highest BCUT2D eigenvalue weighted by Gasteiger charge is 2.27. The van der Waals surface area contributed by atoms with Crippen LogP contribution in [0.2, 0.25) is 0 Å². The molecule has 0 unspecified atom stereocenters. The van der Waals surface area contributed by atoms with E-state index in [-0.39, 0.29) is 17.4 Å². The first-order valence-electron chi connectivity index (χ1n) is 10.4. The standard InChI is InChI=1S/C24H26N2O4S/c1-18-13-15-26(16-14-18)31(28,29)21-11-9-20(10-12-21)25-24(27)17-30-23-8-4-6-19-5-2-3-7-22(19)23/h2-12,18H,13-17H2,1H3,(H,25,27). The Labute approximate surface area is 182 Å². The third-order valence-electron chi connectivity index (χ3n) is 5.63. The molecule has 6 nitrogen and oxygen atoms in total. The Balaban J connectivity index is 1.37. The summed E-state index contributed by atoms with van der Waals surface area (Å²) in [5.41, 5.74) is 0.526. The molecule has 3 aromatic rings. The van der Waals surface area contributed by atoms with Crippen LogP contribution in [0.1, 0.15) is 19.8 Å². The molecule has 1 fully saturated rings. The highest BCUT2D eigenvalue weighted by molar-refractivity contribution is 7.89. The van der Waals surface area contributed by atoms with Gasteiger partial charge in [-0.05, 0) is 54.5 Å². The van der Waals surface area contributed by atoms with Crippen LogP contribution < -0.4 is 10.1 Å². The van der Waals surface area contributed by atoms with Crippen LogP contribution in [0.3, 0.4) is 0 Å². The van der Waals surface area contributed by atoms with E-state index >= 15 is 0 Å². The average Bonchev–Trinajstić information content (AvgIpc) is 2.78. The van der Waals surface area contributed by atoms with E-state index in [1.54, 1.807) is 16.4 Å². The summed E-state index contributed by atoms with van der Waals surface area (Å²) < 4.78 is 32.9. The van der Waals surface area contributed by atoms with Crippen LogP contribution in [0, 0.1) is 5.92 Å². The number of piperidine rings is 1. The van der Waals surface area contributed by atoms with E-state index in [1.807, 2.05) is 42.5 Å². The molecule has 0 atom stereocenters. The van der Waals surface area contributed by atoms with Gasteiger partial charge in [-0.2, -0.15) is 4.31 Å². The number of rotatable bonds is 6. The first kappa shape index (κ1) is 21.3. The molecule has 0 spiro atoms. The van der Waals surface area contributed by atoms with Crippen LogP contribution in [-0.2, 0) is 14.8 Å². The summed E-state index contributed by atoms with van der Waals surface area (Å²) in [6.07, 6.45) is 1.76. The summed E-state index contributed by atoms with van der Waals surface area (Å²) in [6, 6.07) is 19.8. The van der Waals surface area contributed by atoms with E-state index in [0.717, 1.165) is 23.6 Å². The Bertz CT molecular complexity index is 1160. The molecule has 0 aliphatic carbocycles. The lowest BCUT2D eigenvalue weighted by atomic mass is 10.0. The van der Waals surface area contributed by atoms with Crippen molar-refractivity contribution in [2.75, 3.05) is 25.0 Å². The molecule has 0 bridgehead atoms. The van der Waals surface area contributed by atoms with Gasteiger partial charge in [-0.15, -0.1) is 0 Å². The van der Waals surface area contributed by atoms with Gasteiger partial charge in [0.1, 0.15) is 5.75 Å². The molecule has 0 saturated carbocycles. The van der Waals surface area contributed by atoms with Gasteiger partial charge in [0.15, 0.2) is 6.61 Å². The van der Waals surface area contributed by atoms with Gasteiger partial charge in [0.2, 0.25) is 10.0 Å². The van der Waals surface area contributed by atoms with E-state index in [0.29, 0.717) is 30.4 Å². The predicted octanol–water partition coefficient (Wildman–Crippen LogP) is 4.28. The number of sulfonamides is 1. The lowest BCUT2D eigenvalue weighted by Gasteiger charge is -2.29. The molecular weight excluding hydrogens is 412 g/mol. The van der Waals surface area contributed by atoms with Crippen molar-refractivity contribution in [3.63, 3.8) is 0 Å². The second-order valence-corrected chi connectivity index (χ2v) is 9.86. The minimum atomic E-state index is -3.50. The molecule has 4 rings (SSSR count). The molecule has 7 heteroatoms. The normalized spacial score (nSPS) is 15.6. The number of anilines is 1. The van der Waals surface area contributed by atoms with Crippen molar-refractivity contribution in [3.8, 4) is 5.75 Å². The van der Waals surface area contributed by atoms with Crippen molar-refractivity contribution in [3.05, 3.63) is 66.7 Å². The van der Waals surface area contributed by atoms with Gasteiger partial charge < -0.3 is 10.1 Å². The quantitative estimate of drug-likeness (QED) is 0.623. The Morgan fingerprint density at radius 3 is 2.42 bits per heavy atom. The lowest BCUT2D eigenvalue weighted by molar-refractivity contribution is -0.118. The Kier molecular flexibility index (Phi) is 6.25. The maximum absolute atomic E-state index is 12.8. The SMILES string of the molecule is CC1CCN(S(=O)(=O)c2ccc(NC(=O)COc3cccc4ccccc34)cc2)CC1. The molecule has 1 aliphatic heterocycles. The van der Waals surface area contributed by atoms with Crippen molar-refractivity contribution in [2.45, 2.75) is 24.7 Å². The first-order valence-corrected chi connectivity index (χ1v) is 11.9. The first-order chi connectivity index (χ1) is 14.9. The Hall–Kier alpha value is -2.90. The number of nitrogens with one attached hydrogen (secondary N) is 1. The fourth-order valence-corrected chi connectivity index (χ4v) is 5.22. The molecular formula is C24H26N2O4S. The zero-order chi connectivity index (χ0) is 21.8. The van der Waals surface area contributed by atoms with Crippen molar-refractivity contribution < 1.29 is 17.9 Å². The number of hydrogen-bond acceptors (Lipinski definition) is 4. The minimum absolute atomic E-state index is 0.139. The van der Waals surface area contributed by atoms with Crippen LogP contribution in [0.4, 0.5) is 5.69 Å². The molecule has 1 aliphatic rings. The highest BCUT2D eigenvalue weighted by atomic mass is 32.2. The van der Waals surface area contributed by atoms with Crippen LogP contribution >= 0.6 is 0 Å². The Morgan fingerprint density at radius 1 is 1.00 bits per heavy atom. The summed E-state index contributed by atoms with van der Waals surface area (Å²) >= 11 is 0. The van der Waals surface area contributed by atoms with E-state index in [9.17, 15) is 13.2 Å². The van der Waals surface area contributed by atoms with E-state index in [2.05, 4.69) is 12.2 Å². The molecule has 31 heavy (non-hydrogen) atoms. The number of benzene rings is 3. The summed E-state index contributed by atoms with van der Waals surface area (Å²) in [6.45, 7) is 3.10. The van der Waals surface area contributed by atoms with Gasteiger partial charge in [0.25, 0.3) is 5.91 Å². The molecule has 1 N–H and O–H groups in total. The molecule has 0 radical (unpaired) electrons. The Morgan fingerprint density at radius 2 is 1.68 bits per heavy atom. The fourth-order valence-electron chi connectivity index (χ4n) is 3.75. The molecule has 1 heterocycles. The van der Waals surface area contributed by atoms with E-state index < -0.39 is 10.0 Å². The van der Waals surface area contributed by atoms with Gasteiger partial charge in [-0.3, -0.25) is 4.79 Å². The van der Waals surface area contributed by atoms with Crippen LogP contribution in [0.15, 0.2) is 71.6 Å². The zero-order valence-electron chi connectivity index (χ0n) is 17.5. The number of carbonyl (C=O) groups is 1. The van der Waals surface area contributed by atoms with Crippen molar-refractivity contribution in [2.24, 2.45) is 5.92 Å².